The minimum absolute atomic E-state index is 0.00976. The average molecular weight is 351 g/mol. The van der Waals surface area contributed by atoms with Gasteiger partial charge in [0.1, 0.15) is 5.25 Å². The highest BCUT2D eigenvalue weighted by atomic mass is 35.5. The maximum Gasteiger partial charge on any atom is 0.318 e. The first-order valence-electron chi connectivity index (χ1n) is 7.46. The van der Waals surface area contributed by atoms with Gasteiger partial charge in [-0.25, -0.2) is 0 Å². The molecule has 0 spiro atoms. The third kappa shape index (κ3) is 2.89. The lowest BCUT2D eigenvalue weighted by Gasteiger charge is -2.15. The normalized spacial score (nSPS) is 20.9. The summed E-state index contributed by atoms with van der Waals surface area (Å²) in [6.45, 7) is 6.63. The smallest absolute Gasteiger partial charge is 0.318 e. The highest BCUT2D eigenvalue weighted by Crippen LogP contribution is 2.39. The van der Waals surface area contributed by atoms with Crippen molar-refractivity contribution in [3.63, 3.8) is 0 Å². The Kier molecular flexibility index (Phi) is 4.45. The van der Waals surface area contributed by atoms with Crippen molar-refractivity contribution in [2.75, 3.05) is 6.54 Å². The van der Waals surface area contributed by atoms with Gasteiger partial charge in [-0.3, -0.25) is 10.1 Å². The molecule has 0 radical (unpaired) electrons. The van der Waals surface area contributed by atoms with Crippen LogP contribution < -0.4 is 5.32 Å². The van der Waals surface area contributed by atoms with E-state index in [1.165, 1.54) is 11.8 Å². The molecule has 2 aromatic rings. The zero-order valence-electron chi connectivity index (χ0n) is 13.3. The van der Waals surface area contributed by atoms with E-state index in [2.05, 4.69) is 35.9 Å². The number of benzene rings is 1. The van der Waals surface area contributed by atoms with E-state index in [1.54, 1.807) is 0 Å². The van der Waals surface area contributed by atoms with E-state index < -0.39 is 11.2 Å². The number of aliphatic carboxylic acids is 1. The molecular weight excluding hydrogens is 332 g/mol. The molecule has 1 fully saturated rings. The van der Waals surface area contributed by atoms with E-state index in [1.807, 2.05) is 19.1 Å². The Morgan fingerprint density at radius 2 is 2.13 bits per heavy atom. The largest absolute Gasteiger partial charge is 0.480 e. The van der Waals surface area contributed by atoms with Crippen LogP contribution in [0.5, 0.6) is 0 Å². The first-order valence-corrected chi connectivity index (χ1v) is 8.78. The van der Waals surface area contributed by atoms with E-state index in [0.29, 0.717) is 6.54 Å². The van der Waals surface area contributed by atoms with E-state index in [4.69, 9.17) is 11.6 Å². The molecule has 0 saturated carbocycles. The maximum atomic E-state index is 11.2. The molecule has 1 saturated heterocycles. The number of carboxylic acids is 1. The SMILES string of the molecule is Cc1c(Cl)cccc1-n1c(C)cc([C@@H]2NC[C@@H](C(=O)O)S2)c1C. The molecule has 2 atom stereocenters. The third-order valence-corrected chi connectivity index (χ3v) is 6.10. The van der Waals surface area contributed by atoms with Crippen LogP contribution in [0.15, 0.2) is 24.3 Å². The molecule has 122 valence electrons. The van der Waals surface area contributed by atoms with Gasteiger partial charge in [-0.15, -0.1) is 11.8 Å². The predicted molar refractivity (Wildman–Crippen MR) is 94.7 cm³/mol. The quantitative estimate of drug-likeness (QED) is 0.883. The van der Waals surface area contributed by atoms with Gasteiger partial charge in [-0.05, 0) is 44.5 Å². The third-order valence-electron chi connectivity index (χ3n) is 4.30. The van der Waals surface area contributed by atoms with Gasteiger partial charge in [0.25, 0.3) is 0 Å². The number of thioether (sulfide) groups is 1. The Labute approximate surface area is 144 Å². The Morgan fingerprint density at radius 1 is 1.39 bits per heavy atom. The summed E-state index contributed by atoms with van der Waals surface area (Å²) in [4.78, 5) is 11.2. The molecule has 1 aromatic heterocycles. The van der Waals surface area contributed by atoms with Crippen molar-refractivity contribution in [1.29, 1.82) is 0 Å². The summed E-state index contributed by atoms with van der Waals surface area (Å²) in [6.07, 6.45) is 0. The number of hydrogen-bond acceptors (Lipinski definition) is 3. The van der Waals surface area contributed by atoms with Gasteiger partial charge < -0.3 is 9.67 Å². The molecule has 0 aliphatic carbocycles. The first kappa shape index (κ1) is 16.4. The summed E-state index contributed by atoms with van der Waals surface area (Å²) in [6, 6.07) is 8.03. The van der Waals surface area contributed by atoms with E-state index in [-0.39, 0.29) is 5.37 Å². The second-order valence-corrected chi connectivity index (χ2v) is 7.52. The van der Waals surface area contributed by atoms with Crippen LogP contribution in [0.3, 0.4) is 0 Å². The van der Waals surface area contributed by atoms with Gasteiger partial charge in [-0.2, -0.15) is 0 Å². The van der Waals surface area contributed by atoms with Crippen molar-refractivity contribution in [3.8, 4) is 5.69 Å². The van der Waals surface area contributed by atoms with Crippen molar-refractivity contribution >= 4 is 29.3 Å². The fourth-order valence-corrected chi connectivity index (χ4v) is 4.45. The number of nitrogens with one attached hydrogen (secondary N) is 1. The van der Waals surface area contributed by atoms with Crippen LogP contribution in [-0.2, 0) is 4.79 Å². The Morgan fingerprint density at radius 3 is 2.78 bits per heavy atom. The first-order chi connectivity index (χ1) is 10.9. The number of nitrogens with zero attached hydrogens (tertiary/aromatic N) is 1. The zero-order valence-corrected chi connectivity index (χ0v) is 14.8. The molecule has 3 rings (SSSR count). The fraction of sp³-hybridized carbons (Fsp3) is 0.353. The summed E-state index contributed by atoms with van der Waals surface area (Å²) < 4.78 is 2.19. The molecule has 2 N–H and O–H groups in total. The Balaban J connectivity index is 2.01. The standard InChI is InChI=1S/C17H19ClN2O2S/c1-9-7-12(16-19-8-15(23-16)17(21)22)11(3)20(9)14-6-4-5-13(18)10(14)2/h4-7,15-16,19H,8H2,1-3H3,(H,21,22)/t15-,16+/m0/s1. The number of hydrogen-bond donors (Lipinski definition) is 2. The van der Waals surface area contributed by atoms with Gasteiger partial charge >= 0.3 is 5.97 Å². The number of aryl methyl sites for hydroxylation is 1. The second kappa shape index (κ2) is 6.23. The van der Waals surface area contributed by atoms with Crippen molar-refractivity contribution in [2.24, 2.45) is 0 Å². The molecule has 0 bridgehead atoms. The molecule has 4 nitrogen and oxygen atoms in total. The number of aromatic nitrogens is 1. The van der Waals surface area contributed by atoms with E-state index >= 15 is 0 Å². The summed E-state index contributed by atoms with van der Waals surface area (Å²) in [5.41, 5.74) is 5.47. The van der Waals surface area contributed by atoms with Gasteiger partial charge in [0.2, 0.25) is 0 Å². The zero-order chi connectivity index (χ0) is 16.7. The number of carbonyl (C=O) groups is 1. The Bertz CT molecular complexity index is 772. The van der Waals surface area contributed by atoms with E-state index in [0.717, 1.165) is 33.2 Å². The number of halogens is 1. The second-order valence-electron chi connectivity index (χ2n) is 5.80. The summed E-state index contributed by atoms with van der Waals surface area (Å²) in [5, 5.41) is 12.8. The van der Waals surface area contributed by atoms with E-state index in [9.17, 15) is 9.90 Å². The van der Waals surface area contributed by atoms with Crippen LogP contribution in [0.25, 0.3) is 5.69 Å². The number of carboxylic acid groups (broad SMARTS) is 1. The lowest BCUT2D eigenvalue weighted by atomic mass is 10.2. The molecule has 0 amide bonds. The Hall–Kier alpha value is -1.43. The molecular formula is C17H19ClN2O2S. The van der Waals surface area contributed by atoms with Crippen LogP contribution in [0.2, 0.25) is 5.02 Å². The van der Waals surface area contributed by atoms with Crippen LogP contribution in [0.4, 0.5) is 0 Å². The molecule has 2 heterocycles. The molecule has 1 aromatic carbocycles. The molecule has 1 aliphatic rings. The highest BCUT2D eigenvalue weighted by molar-refractivity contribution is 8.01. The van der Waals surface area contributed by atoms with Crippen LogP contribution >= 0.6 is 23.4 Å². The average Bonchev–Trinajstić information content (AvgIpc) is 3.08. The van der Waals surface area contributed by atoms with Crippen molar-refractivity contribution in [1.82, 2.24) is 9.88 Å². The molecule has 1 aliphatic heterocycles. The summed E-state index contributed by atoms with van der Waals surface area (Å²) >= 11 is 7.72. The fourth-order valence-electron chi connectivity index (χ4n) is 3.07. The van der Waals surface area contributed by atoms with Crippen molar-refractivity contribution in [3.05, 3.63) is 51.8 Å². The lowest BCUT2D eigenvalue weighted by Crippen LogP contribution is -2.21. The monoisotopic (exact) mass is 350 g/mol. The van der Waals surface area contributed by atoms with Crippen molar-refractivity contribution in [2.45, 2.75) is 31.4 Å². The van der Waals surface area contributed by atoms with Crippen LogP contribution in [0, 0.1) is 20.8 Å². The summed E-state index contributed by atoms with van der Waals surface area (Å²) in [7, 11) is 0. The topological polar surface area (TPSA) is 54.3 Å². The number of rotatable bonds is 3. The van der Waals surface area contributed by atoms with Crippen molar-refractivity contribution < 1.29 is 9.90 Å². The molecule has 23 heavy (non-hydrogen) atoms. The van der Waals surface area contributed by atoms with Gasteiger partial charge in [0.05, 0.1) is 5.37 Å². The molecule has 0 unspecified atom stereocenters. The molecule has 6 heteroatoms. The predicted octanol–water partition coefficient (Wildman–Crippen LogP) is 3.84. The minimum atomic E-state index is -0.760. The van der Waals surface area contributed by atoms with Gasteiger partial charge in [0.15, 0.2) is 0 Å². The van der Waals surface area contributed by atoms with Gasteiger partial charge in [0, 0.05) is 34.2 Å². The van der Waals surface area contributed by atoms with Crippen LogP contribution in [0.1, 0.15) is 27.9 Å². The lowest BCUT2D eigenvalue weighted by molar-refractivity contribution is -0.136. The maximum absolute atomic E-state index is 11.2. The van der Waals surface area contributed by atoms with Crippen LogP contribution in [-0.4, -0.2) is 27.4 Å². The summed E-state index contributed by atoms with van der Waals surface area (Å²) in [5.74, 6) is -0.760. The minimum Gasteiger partial charge on any atom is -0.480 e. The van der Waals surface area contributed by atoms with Gasteiger partial charge in [-0.1, -0.05) is 17.7 Å². The highest BCUT2D eigenvalue weighted by Gasteiger charge is 2.32.